The molecule has 0 aliphatic rings. The Hall–Kier alpha value is -0.840. The summed E-state index contributed by atoms with van der Waals surface area (Å²) in [6, 6.07) is 4.59. The van der Waals surface area contributed by atoms with Crippen molar-refractivity contribution in [2.45, 2.75) is 23.7 Å². The summed E-state index contributed by atoms with van der Waals surface area (Å²) in [6.07, 6.45) is -2.02. The van der Waals surface area contributed by atoms with Gasteiger partial charge >= 0.3 is 0 Å². The first-order valence-electron chi connectivity index (χ1n) is 5.63. The minimum atomic E-state index is -1.03. The maximum Gasteiger partial charge on any atom is 0.288 e. The van der Waals surface area contributed by atoms with E-state index in [0.717, 1.165) is 11.8 Å². The van der Waals surface area contributed by atoms with Crippen molar-refractivity contribution in [2.24, 2.45) is 0 Å². The van der Waals surface area contributed by atoms with Gasteiger partial charge < -0.3 is 10.2 Å². The second-order valence-electron chi connectivity index (χ2n) is 3.92. The first-order chi connectivity index (χ1) is 9.51. The molecule has 0 heterocycles. The zero-order valence-corrected chi connectivity index (χ0v) is 12.1. The van der Waals surface area contributed by atoms with Crippen LogP contribution in [0.3, 0.4) is 0 Å². The molecule has 0 radical (unpaired) electrons. The first kappa shape index (κ1) is 17.2. The van der Waals surface area contributed by atoms with Gasteiger partial charge in [0.15, 0.2) is 0 Å². The number of thioether (sulfide) groups is 1. The number of benzene rings is 1. The van der Waals surface area contributed by atoms with Crippen LogP contribution in [0.15, 0.2) is 23.1 Å². The Morgan fingerprint density at radius 1 is 1.40 bits per heavy atom. The van der Waals surface area contributed by atoms with Crippen molar-refractivity contribution in [2.75, 3.05) is 11.5 Å². The summed E-state index contributed by atoms with van der Waals surface area (Å²) >= 11 is 4.90. The first-order valence-corrected chi connectivity index (χ1v) is 7.25. The molecule has 0 aliphatic carbocycles. The number of aliphatic hydroxyl groups excluding tert-OH is 2. The Morgan fingerprint density at radius 3 is 2.65 bits per heavy atom. The third kappa shape index (κ3) is 4.62. The number of nitro benzene ring substituents is 1. The van der Waals surface area contributed by atoms with Crippen LogP contribution in [0, 0.1) is 10.1 Å². The molecule has 3 N–H and O–H groups in total. The van der Waals surface area contributed by atoms with Gasteiger partial charge in [0.1, 0.15) is 6.61 Å². The van der Waals surface area contributed by atoms with E-state index in [0.29, 0.717) is 4.90 Å². The molecule has 2 atom stereocenters. The lowest BCUT2D eigenvalue weighted by atomic mass is 10.2. The molecular formula is C11H15NO6S2. The largest absolute Gasteiger partial charge is 0.390 e. The Balaban J connectivity index is 2.89. The highest BCUT2D eigenvalue weighted by Gasteiger charge is 2.22. The molecule has 20 heavy (non-hydrogen) atoms. The SMILES string of the molecule is O=[N+]([O-])c1c(COO)cccc1SCC(O)C(O)CS. The summed E-state index contributed by atoms with van der Waals surface area (Å²) in [5.41, 5.74) is 0.0471. The zero-order valence-electron chi connectivity index (χ0n) is 10.4. The van der Waals surface area contributed by atoms with Crippen LogP contribution in [-0.2, 0) is 11.5 Å². The third-order valence-electron chi connectivity index (χ3n) is 2.53. The molecular weight excluding hydrogens is 306 g/mol. The second-order valence-corrected chi connectivity index (χ2v) is 5.35. The minimum Gasteiger partial charge on any atom is -0.390 e. The van der Waals surface area contributed by atoms with E-state index in [9.17, 15) is 20.3 Å². The summed E-state index contributed by atoms with van der Waals surface area (Å²) in [5, 5.41) is 38.5. The van der Waals surface area contributed by atoms with Gasteiger partial charge in [0, 0.05) is 11.5 Å². The third-order valence-corrected chi connectivity index (χ3v) is 4.05. The molecule has 0 aromatic heterocycles. The van der Waals surface area contributed by atoms with Crippen molar-refractivity contribution in [3.05, 3.63) is 33.9 Å². The number of nitrogens with zero attached hydrogens (tertiary/aromatic N) is 1. The predicted molar refractivity (Wildman–Crippen MR) is 77.1 cm³/mol. The lowest BCUT2D eigenvalue weighted by Crippen LogP contribution is -2.29. The highest BCUT2D eigenvalue weighted by molar-refractivity contribution is 7.99. The smallest absolute Gasteiger partial charge is 0.288 e. The van der Waals surface area contributed by atoms with E-state index in [-0.39, 0.29) is 29.4 Å². The second kappa shape index (κ2) is 8.45. The Morgan fingerprint density at radius 2 is 2.10 bits per heavy atom. The van der Waals surface area contributed by atoms with Gasteiger partial charge in [-0.15, -0.1) is 11.8 Å². The molecule has 7 nitrogen and oxygen atoms in total. The summed E-state index contributed by atoms with van der Waals surface area (Å²) in [5.74, 6) is 0.189. The van der Waals surface area contributed by atoms with Crippen molar-refractivity contribution in [1.29, 1.82) is 0 Å². The maximum absolute atomic E-state index is 11.1. The van der Waals surface area contributed by atoms with Gasteiger partial charge in [0.2, 0.25) is 0 Å². The maximum atomic E-state index is 11.1. The fraction of sp³-hybridized carbons (Fsp3) is 0.455. The summed E-state index contributed by atoms with van der Waals surface area (Å²) in [4.78, 5) is 14.8. The molecule has 2 unspecified atom stereocenters. The molecule has 112 valence electrons. The van der Waals surface area contributed by atoms with Crippen LogP contribution in [0.4, 0.5) is 5.69 Å². The molecule has 0 aliphatic heterocycles. The number of aliphatic hydroxyl groups is 2. The quantitative estimate of drug-likeness (QED) is 0.188. The Kier molecular flexibility index (Phi) is 7.27. The van der Waals surface area contributed by atoms with Crippen LogP contribution in [0.25, 0.3) is 0 Å². The van der Waals surface area contributed by atoms with E-state index in [4.69, 9.17) is 5.26 Å². The Labute approximate surface area is 125 Å². The van der Waals surface area contributed by atoms with Crippen LogP contribution in [0.2, 0.25) is 0 Å². The fourth-order valence-corrected chi connectivity index (χ4v) is 2.82. The van der Waals surface area contributed by atoms with Crippen LogP contribution < -0.4 is 0 Å². The number of hydrogen-bond donors (Lipinski definition) is 4. The average molecular weight is 321 g/mol. The van der Waals surface area contributed by atoms with E-state index in [1.807, 2.05) is 0 Å². The van der Waals surface area contributed by atoms with E-state index in [2.05, 4.69) is 17.5 Å². The van der Waals surface area contributed by atoms with Gasteiger partial charge in [-0.3, -0.25) is 15.4 Å². The Bertz CT molecular complexity index is 459. The van der Waals surface area contributed by atoms with E-state index >= 15 is 0 Å². The van der Waals surface area contributed by atoms with Gasteiger partial charge in [-0.25, -0.2) is 4.89 Å². The van der Waals surface area contributed by atoms with Crippen molar-refractivity contribution >= 4 is 30.1 Å². The monoisotopic (exact) mass is 321 g/mol. The average Bonchev–Trinajstić information content (AvgIpc) is 2.43. The molecule has 0 bridgehead atoms. The standard InChI is InChI=1S/C11H15NO6S2/c13-8(5-19)9(14)6-20-10-3-1-2-7(4-18-17)11(10)12(15)16/h1-3,8-9,13-14,17,19H,4-6H2. The predicted octanol–water partition coefficient (Wildman–Crippen LogP) is 1.33. The van der Waals surface area contributed by atoms with Crippen LogP contribution in [0.5, 0.6) is 0 Å². The van der Waals surface area contributed by atoms with Gasteiger partial charge in [0.05, 0.1) is 27.6 Å². The molecule has 0 amide bonds. The lowest BCUT2D eigenvalue weighted by molar-refractivity contribution is -0.389. The van der Waals surface area contributed by atoms with Crippen LogP contribution >= 0.6 is 24.4 Å². The van der Waals surface area contributed by atoms with Gasteiger partial charge in [0.25, 0.3) is 5.69 Å². The van der Waals surface area contributed by atoms with Gasteiger partial charge in [-0.2, -0.15) is 12.6 Å². The number of para-hydroxylation sites is 1. The van der Waals surface area contributed by atoms with E-state index < -0.39 is 17.1 Å². The number of thiol groups is 1. The molecule has 1 aromatic rings. The van der Waals surface area contributed by atoms with Crippen molar-refractivity contribution in [1.82, 2.24) is 0 Å². The van der Waals surface area contributed by atoms with E-state index in [1.54, 1.807) is 6.07 Å². The fourth-order valence-electron chi connectivity index (χ4n) is 1.49. The molecule has 0 fully saturated rings. The van der Waals surface area contributed by atoms with Gasteiger partial charge in [-0.05, 0) is 12.1 Å². The molecule has 0 spiro atoms. The van der Waals surface area contributed by atoms with Crippen molar-refractivity contribution in [3.63, 3.8) is 0 Å². The van der Waals surface area contributed by atoms with Gasteiger partial charge in [-0.1, -0.05) is 6.07 Å². The molecule has 9 heteroatoms. The normalized spacial score (nSPS) is 14.0. The highest BCUT2D eigenvalue weighted by atomic mass is 32.2. The molecule has 1 aromatic carbocycles. The molecule has 0 saturated carbocycles. The zero-order chi connectivity index (χ0) is 15.1. The van der Waals surface area contributed by atoms with Crippen LogP contribution in [0.1, 0.15) is 5.56 Å². The lowest BCUT2D eigenvalue weighted by Gasteiger charge is -2.15. The van der Waals surface area contributed by atoms with Crippen LogP contribution in [-0.4, -0.2) is 44.1 Å². The number of nitro groups is 1. The number of rotatable bonds is 8. The number of hydrogen-bond acceptors (Lipinski definition) is 8. The molecule has 0 saturated heterocycles. The highest BCUT2D eigenvalue weighted by Crippen LogP contribution is 2.33. The molecule has 1 rings (SSSR count). The van der Waals surface area contributed by atoms with Crippen molar-refractivity contribution in [3.8, 4) is 0 Å². The summed E-state index contributed by atoms with van der Waals surface area (Å²) in [7, 11) is 0. The summed E-state index contributed by atoms with van der Waals surface area (Å²) in [6.45, 7) is -0.299. The minimum absolute atomic E-state index is 0.0893. The topological polar surface area (TPSA) is 113 Å². The van der Waals surface area contributed by atoms with Crippen molar-refractivity contribution < 1.29 is 25.3 Å². The summed E-state index contributed by atoms with van der Waals surface area (Å²) < 4.78 is 0. The van der Waals surface area contributed by atoms with E-state index in [1.165, 1.54) is 12.1 Å².